The molecule has 1 atom stereocenters. The smallest absolute Gasteiger partial charge is 0.292 e. The van der Waals surface area contributed by atoms with E-state index in [-0.39, 0.29) is 5.55 Å². The first-order valence-electron chi connectivity index (χ1n) is 2.90. The van der Waals surface area contributed by atoms with Gasteiger partial charge in [0.1, 0.15) is 0 Å². The second-order valence-corrected chi connectivity index (χ2v) is 6.12. The van der Waals surface area contributed by atoms with Crippen LogP contribution in [0.15, 0.2) is 0 Å². The highest BCUT2D eigenvalue weighted by Crippen LogP contribution is 2.25. The van der Waals surface area contributed by atoms with E-state index in [1.54, 1.807) is 0 Å². The molecule has 0 aromatic rings. The molecule has 8 heteroatoms. The van der Waals surface area contributed by atoms with Crippen LogP contribution in [0.5, 0.6) is 0 Å². The largest absolute Gasteiger partial charge is 0.303 e. The van der Waals surface area contributed by atoms with Crippen molar-refractivity contribution in [2.75, 3.05) is 0 Å². The van der Waals surface area contributed by atoms with Gasteiger partial charge in [0.15, 0.2) is 5.55 Å². The van der Waals surface area contributed by atoms with Gasteiger partial charge in [-0.3, -0.25) is 8.74 Å². The lowest BCUT2D eigenvalue weighted by Crippen LogP contribution is -2.42. The molecule has 6 nitrogen and oxygen atoms in total. The van der Waals surface area contributed by atoms with Gasteiger partial charge in [-0.1, -0.05) is 0 Å². The Hall–Kier alpha value is -0.150. The lowest BCUT2D eigenvalue weighted by atomic mass is 10.5. The van der Waals surface area contributed by atoms with Gasteiger partial charge in [-0.25, -0.2) is 8.39 Å². The van der Waals surface area contributed by atoms with Crippen molar-refractivity contribution >= 4 is 25.8 Å². The first kappa shape index (κ1) is 9.93. The van der Waals surface area contributed by atoms with Crippen molar-refractivity contribution in [1.82, 2.24) is 0 Å². The van der Waals surface area contributed by atoms with E-state index in [1.165, 1.54) is 0 Å². The molecule has 0 radical (unpaired) electrons. The Morgan fingerprint density at radius 2 is 1.83 bits per heavy atom. The Kier molecular flexibility index (Phi) is 2.00. The molecule has 1 heterocycles. The summed E-state index contributed by atoms with van der Waals surface area (Å²) >= 11 is 0. The molecule has 0 spiro atoms. The summed E-state index contributed by atoms with van der Waals surface area (Å²) in [4.78, 5) is -1.80. The van der Waals surface area contributed by atoms with Crippen molar-refractivity contribution in [2.45, 2.75) is 18.8 Å². The zero-order chi connectivity index (χ0) is 9.62. The van der Waals surface area contributed by atoms with E-state index in [2.05, 4.69) is 8.37 Å². The van der Waals surface area contributed by atoms with Crippen LogP contribution in [-0.2, 0) is 28.6 Å². The zero-order valence-corrected chi connectivity index (χ0v) is 8.02. The Balaban J connectivity index is 3.29. The van der Waals surface area contributed by atoms with E-state index in [0.29, 0.717) is 0 Å². The molecule has 0 saturated heterocycles. The van der Waals surface area contributed by atoms with E-state index >= 15 is 0 Å². The second kappa shape index (κ2) is 2.42. The minimum absolute atomic E-state index is 0.271. The highest BCUT2D eigenvalue weighted by atomic mass is 32.3. The molecule has 1 unspecified atom stereocenters. The van der Waals surface area contributed by atoms with Crippen LogP contribution < -0.4 is 0 Å². The molecule has 1 N–H and O–H groups in total. The minimum atomic E-state index is -3.95. The van der Waals surface area contributed by atoms with Crippen molar-refractivity contribution in [3.05, 3.63) is 0 Å². The van der Waals surface area contributed by atoms with E-state index < -0.39 is 25.1 Å². The van der Waals surface area contributed by atoms with Gasteiger partial charge in [0.05, 0.1) is 0 Å². The Labute approximate surface area is 70.6 Å². The molecule has 1 rings (SSSR count). The second-order valence-electron chi connectivity index (χ2n) is 2.64. The van der Waals surface area contributed by atoms with E-state index in [0.717, 1.165) is 13.8 Å². The first-order valence-corrected chi connectivity index (χ1v) is 5.81. The first-order chi connectivity index (χ1) is 5.16. The van der Waals surface area contributed by atoms with Crippen molar-refractivity contribution < 1.29 is 25.5 Å². The summed E-state index contributed by atoms with van der Waals surface area (Å²) in [6.07, 6.45) is 0. The predicted molar refractivity (Wildman–Crippen MR) is 42.0 cm³/mol. The van der Waals surface area contributed by atoms with Gasteiger partial charge in [0.25, 0.3) is 0 Å². The Bertz CT molecular complexity index is 395. The van der Waals surface area contributed by atoms with Crippen molar-refractivity contribution in [3.8, 4) is 0 Å². The summed E-state index contributed by atoms with van der Waals surface area (Å²) in [7, 11) is -7.69. The number of hydrogen-bond acceptors (Lipinski definition) is 5. The van der Waals surface area contributed by atoms with Crippen LogP contribution in [0.25, 0.3) is 0 Å². The predicted octanol–water partition coefficient (Wildman–Crippen LogP) is -0.469. The molecule has 0 aliphatic carbocycles. The molecule has 0 aromatic heterocycles. The van der Waals surface area contributed by atoms with Gasteiger partial charge in [-0.15, -0.1) is 0 Å². The Morgan fingerprint density at radius 3 is 2.17 bits per heavy atom. The maximum Gasteiger partial charge on any atom is 0.303 e. The van der Waals surface area contributed by atoms with Gasteiger partial charge in [-0.05, 0) is 13.8 Å². The van der Waals surface area contributed by atoms with E-state index in [9.17, 15) is 12.6 Å². The van der Waals surface area contributed by atoms with Crippen LogP contribution in [0.2, 0.25) is 0 Å². The third-order valence-electron chi connectivity index (χ3n) is 1.21. The summed E-state index contributed by atoms with van der Waals surface area (Å²) in [5.41, 5.74) is 0.271. The monoisotopic (exact) mass is 216 g/mol. The maximum atomic E-state index is 11.0. The lowest BCUT2D eigenvalue weighted by molar-refractivity contribution is 0.173. The van der Waals surface area contributed by atoms with E-state index in [1.807, 2.05) is 0 Å². The van der Waals surface area contributed by atoms with Crippen LogP contribution >= 0.6 is 0 Å². The molecule has 0 aromatic carbocycles. The van der Waals surface area contributed by atoms with Gasteiger partial charge in [0.2, 0.25) is 15.0 Å². The number of hydrogen-bond donors (Lipinski definition) is 1. The quantitative estimate of drug-likeness (QED) is 0.435. The molecular formula is C4H8O6S2. The van der Waals surface area contributed by atoms with Gasteiger partial charge in [0, 0.05) is 0 Å². The van der Waals surface area contributed by atoms with Gasteiger partial charge < -0.3 is 0 Å². The standard InChI is InChI=1S/C4H8O6S2/c1-4(2)10-11(5,6)3-9-12(4,7)8/h3H,1-2H3,(H,5,6). The molecule has 72 valence electrons. The zero-order valence-electron chi connectivity index (χ0n) is 6.38. The average Bonchev–Trinajstić information content (AvgIpc) is 1.79. The SMILES string of the molecule is CC1(C)OS(=O)(O)=COS1(=O)=O. The van der Waals surface area contributed by atoms with Crippen LogP contribution in [0.4, 0.5) is 0 Å². The van der Waals surface area contributed by atoms with Gasteiger partial charge in [-0.2, -0.15) is 8.42 Å². The van der Waals surface area contributed by atoms with Crippen molar-refractivity contribution in [3.63, 3.8) is 0 Å². The normalized spacial score (nSPS) is 38.6. The third kappa shape index (κ3) is 1.62. The third-order valence-corrected chi connectivity index (χ3v) is 4.07. The van der Waals surface area contributed by atoms with Crippen LogP contribution in [-0.4, -0.2) is 27.7 Å². The van der Waals surface area contributed by atoms with Crippen LogP contribution in [0.1, 0.15) is 13.8 Å². The number of rotatable bonds is 0. The topological polar surface area (TPSA) is 89.9 Å². The summed E-state index contributed by atoms with van der Waals surface area (Å²) in [5.74, 6) is 0. The molecule has 0 bridgehead atoms. The van der Waals surface area contributed by atoms with Gasteiger partial charge >= 0.3 is 10.1 Å². The van der Waals surface area contributed by atoms with Crippen molar-refractivity contribution in [1.29, 1.82) is 0 Å². The lowest BCUT2D eigenvalue weighted by Gasteiger charge is -2.26. The summed E-state index contributed by atoms with van der Waals surface area (Å²) in [5, 5.41) is 0. The molecule has 1 aliphatic rings. The van der Waals surface area contributed by atoms with E-state index in [4.69, 9.17) is 4.55 Å². The fraction of sp³-hybridized carbons (Fsp3) is 0.750. The molecular weight excluding hydrogens is 208 g/mol. The summed E-state index contributed by atoms with van der Waals surface area (Å²) in [6, 6.07) is 0. The molecule has 12 heavy (non-hydrogen) atoms. The summed E-state index contributed by atoms with van der Waals surface area (Å²) < 4.78 is 50.0. The van der Waals surface area contributed by atoms with Crippen molar-refractivity contribution in [2.24, 2.45) is 0 Å². The maximum absolute atomic E-state index is 11.0. The highest BCUT2D eigenvalue weighted by molar-refractivity contribution is 7.96. The minimum Gasteiger partial charge on any atom is -0.292 e. The fourth-order valence-electron chi connectivity index (χ4n) is 0.566. The summed E-state index contributed by atoms with van der Waals surface area (Å²) in [6.45, 7) is 2.26. The Morgan fingerprint density at radius 1 is 1.33 bits per heavy atom. The van der Waals surface area contributed by atoms with Crippen LogP contribution in [0.3, 0.4) is 0 Å². The highest BCUT2D eigenvalue weighted by Gasteiger charge is 2.43. The molecule has 0 saturated carbocycles. The molecule has 0 amide bonds. The molecule has 0 fully saturated rings. The molecule has 1 aliphatic heterocycles. The fourth-order valence-corrected chi connectivity index (χ4v) is 2.85. The van der Waals surface area contributed by atoms with Crippen LogP contribution in [0, 0.1) is 0 Å². The average molecular weight is 216 g/mol.